The molecule has 0 radical (unpaired) electrons. The zero-order valence-electron chi connectivity index (χ0n) is 16.8. The van der Waals surface area contributed by atoms with Crippen molar-refractivity contribution >= 4 is 35.8 Å². The first-order valence-corrected chi connectivity index (χ1v) is 8.71. The van der Waals surface area contributed by atoms with Crippen molar-refractivity contribution in [1.29, 1.82) is 0 Å². The summed E-state index contributed by atoms with van der Waals surface area (Å²) in [6.07, 6.45) is 1.77. The van der Waals surface area contributed by atoms with Crippen LogP contribution in [0.5, 0.6) is 0 Å². The van der Waals surface area contributed by atoms with Gasteiger partial charge in [-0.15, -0.1) is 40.8 Å². The van der Waals surface area contributed by atoms with E-state index in [1.807, 2.05) is 42.8 Å². The Labute approximate surface area is 183 Å². The van der Waals surface area contributed by atoms with Gasteiger partial charge >= 0.3 is 0 Å². The van der Waals surface area contributed by atoms with E-state index in [2.05, 4.69) is 32.4 Å². The van der Waals surface area contributed by atoms with Gasteiger partial charge in [-0.05, 0) is 24.6 Å². The van der Waals surface area contributed by atoms with Gasteiger partial charge in [0.05, 0.1) is 13.1 Å². The number of aryl methyl sites for hydroxylation is 1. The highest BCUT2D eigenvalue weighted by Gasteiger charge is 2.08. The third-order valence-electron chi connectivity index (χ3n) is 4.04. The van der Waals surface area contributed by atoms with Gasteiger partial charge in [0.2, 0.25) is 0 Å². The van der Waals surface area contributed by atoms with Gasteiger partial charge < -0.3 is 20.1 Å². The summed E-state index contributed by atoms with van der Waals surface area (Å²) in [7, 11) is 5.40. The average Bonchev–Trinajstić information content (AvgIpc) is 2.99. The van der Waals surface area contributed by atoms with E-state index >= 15 is 0 Å². The van der Waals surface area contributed by atoms with Crippen LogP contribution in [0.1, 0.15) is 27.6 Å². The molecule has 0 fully saturated rings. The fourth-order valence-corrected chi connectivity index (χ4v) is 2.29. The summed E-state index contributed by atoms with van der Waals surface area (Å²) in [5.74, 6) is 2.33. The first-order chi connectivity index (χ1) is 12.9. The highest BCUT2D eigenvalue weighted by molar-refractivity contribution is 14.0. The molecule has 152 valence electrons. The SMILES string of the molecule is C=CCNC(=NCc1ccc(C(=O)N(C)C)cc1)NCc1nnc(C)n1C.I. The number of carbonyl (C=O) groups excluding carboxylic acids is 1. The maximum atomic E-state index is 11.9. The Bertz CT molecular complexity index is 812. The van der Waals surface area contributed by atoms with Gasteiger partial charge in [0.25, 0.3) is 5.91 Å². The summed E-state index contributed by atoms with van der Waals surface area (Å²) in [5, 5.41) is 14.6. The Morgan fingerprint density at radius 1 is 1.25 bits per heavy atom. The largest absolute Gasteiger partial charge is 0.353 e. The molecule has 0 atom stereocenters. The van der Waals surface area contributed by atoms with E-state index in [1.54, 1.807) is 25.1 Å². The second kappa shape index (κ2) is 11.4. The molecular formula is C19H28IN7O. The van der Waals surface area contributed by atoms with Crippen LogP contribution in [-0.2, 0) is 20.1 Å². The number of amides is 1. The second-order valence-corrected chi connectivity index (χ2v) is 6.31. The van der Waals surface area contributed by atoms with Crippen LogP contribution >= 0.6 is 24.0 Å². The Hall–Kier alpha value is -2.43. The molecule has 0 aliphatic heterocycles. The van der Waals surface area contributed by atoms with Crippen LogP contribution in [0.2, 0.25) is 0 Å². The number of aromatic nitrogens is 3. The van der Waals surface area contributed by atoms with Crippen molar-refractivity contribution in [2.75, 3.05) is 20.6 Å². The predicted octanol–water partition coefficient (Wildman–Crippen LogP) is 1.86. The van der Waals surface area contributed by atoms with Gasteiger partial charge in [0.1, 0.15) is 5.82 Å². The summed E-state index contributed by atoms with van der Waals surface area (Å²) in [6.45, 7) is 7.22. The van der Waals surface area contributed by atoms with E-state index < -0.39 is 0 Å². The molecule has 2 rings (SSSR count). The molecule has 1 heterocycles. The van der Waals surface area contributed by atoms with Crippen LogP contribution in [0.4, 0.5) is 0 Å². The van der Waals surface area contributed by atoms with Crippen LogP contribution < -0.4 is 10.6 Å². The minimum absolute atomic E-state index is 0. The molecule has 2 aromatic rings. The molecule has 8 nitrogen and oxygen atoms in total. The van der Waals surface area contributed by atoms with E-state index in [0.717, 1.165) is 17.2 Å². The molecule has 0 saturated carbocycles. The van der Waals surface area contributed by atoms with Crippen molar-refractivity contribution in [1.82, 2.24) is 30.3 Å². The molecule has 28 heavy (non-hydrogen) atoms. The number of nitrogens with one attached hydrogen (secondary N) is 2. The van der Waals surface area contributed by atoms with E-state index in [-0.39, 0.29) is 29.9 Å². The van der Waals surface area contributed by atoms with Crippen molar-refractivity contribution < 1.29 is 4.79 Å². The first kappa shape index (κ1) is 23.6. The van der Waals surface area contributed by atoms with Crippen LogP contribution in [0.3, 0.4) is 0 Å². The number of rotatable bonds is 7. The smallest absolute Gasteiger partial charge is 0.253 e. The van der Waals surface area contributed by atoms with Crippen LogP contribution in [-0.4, -0.2) is 52.2 Å². The van der Waals surface area contributed by atoms with Crippen LogP contribution in [0.15, 0.2) is 41.9 Å². The van der Waals surface area contributed by atoms with Crippen molar-refractivity contribution in [2.24, 2.45) is 12.0 Å². The highest BCUT2D eigenvalue weighted by Crippen LogP contribution is 2.07. The quantitative estimate of drug-likeness (QED) is 0.264. The lowest BCUT2D eigenvalue weighted by Crippen LogP contribution is -2.37. The maximum Gasteiger partial charge on any atom is 0.253 e. The monoisotopic (exact) mass is 497 g/mol. The summed E-state index contributed by atoms with van der Waals surface area (Å²) >= 11 is 0. The number of guanidine groups is 1. The number of hydrogen-bond donors (Lipinski definition) is 2. The molecule has 1 aromatic carbocycles. The minimum Gasteiger partial charge on any atom is -0.353 e. The Balaban J connectivity index is 0.00000392. The lowest BCUT2D eigenvalue weighted by molar-refractivity contribution is 0.0827. The molecule has 0 saturated heterocycles. The third-order valence-corrected chi connectivity index (χ3v) is 4.04. The molecule has 0 bridgehead atoms. The van der Waals surface area contributed by atoms with Gasteiger partial charge in [-0.3, -0.25) is 4.79 Å². The molecule has 2 N–H and O–H groups in total. The van der Waals surface area contributed by atoms with E-state index in [1.165, 1.54) is 0 Å². The number of nitrogens with zero attached hydrogens (tertiary/aromatic N) is 5. The topological polar surface area (TPSA) is 87.4 Å². The highest BCUT2D eigenvalue weighted by atomic mass is 127. The summed E-state index contributed by atoms with van der Waals surface area (Å²) in [4.78, 5) is 18.1. The maximum absolute atomic E-state index is 11.9. The fourth-order valence-electron chi connectivity index (χ4n) is 2.29. The standard InChI is InChI=1S/C19H27N7O.HI/c1-6-11-20-19(22-13-17-24-23-14(2)26(17)5)21-12-15-7-9-16(10-8-15)18(27)25(3)4;/h6-10H,1,11-13H2,2-5H3,(H2,20,21,22);1H. The van der Waals surface area contributed by atoms with E-state index in [4.69, 9.17) is 0 Å². The zero-order valence-corrected chi connectivity index (χ0v) is 19.1. The number of halogens is 1. The van der Waals surface area contributed by atoms with Gasteiger partial charge in [0.15, 0.2) is 11.8 Å². The third kappa shape index (κ3) is 6.63. The predicted molar refractivity (Wildman–Crippen MR) is 122 cm³/mol. The number of aliphatic imine (C=N–C) groups is 1. The van der Waals surface area contributed by atoms with Crippen LogP contribution in [0, 0.1) is 6.92 Å². The van der Waals surface area contributed by atoms with Gasteiger partial charge in [-0.1, -0.05) is 18.2 Å². The first-order valence-electron chi connectivity index (χ1n) is 8.71. The van der Waals surface area contributed by atoms with Gasteiger partial charge in [-0.25, -0.2) is 4.99 Å². The van der Waals surface area contributed by atoms with Crippen LogP contribution in [0.25, 0.3) is 0 Å². The fraction of sp³-hybridized carbons (Fsp3) is 0.368. The van der Waals surface area contributed by atoms with E-state index in [9.17, 15) is 4.79 Å². The normalized spacial score (nSPS) is 10.8. The summed E-state index contributed by atoms with van der Waals surface area (Å²) in [5.41, 5.74) is 1.67. The number of benzene rings is 1. The zero-order chi connectivity index (χ0) is 19.8. The second-order valence-electron chi connectivity index (χ2n) is 6.31. The molecule has 1 aromatic heterocycles. The summed E-state index contributed by atoms with van der Waals surface area (Å²) in [6, 6.07) is 7.47. The Kier molecular flexibility index (Phi) is 9.63. The van der Waals surface area contributed by atoms with Gasteiger partial charge in [0, 0.05) is 33.3 Å². The lowest BCUT2D eigenvalue weighted by atomic mass is 10.1. The molecule has 0 aliphatic carbocycles. The Morgan fingerprint density at radius 2 is 1.93 bits per heavy atom. The Morgan fingerprint density at radius 3 is 2.46 bits per heavy atom. The van der Waals surface area contributed by atoms with Crippen molar-refractivity contribution in [3.8, 4) is 0 Å². The number of carbonyl (C=O) groups is 1. The van der Waals surface area contributed by atoms with Crippen molar-refractivity contribution in [3.05, 3.63) is 59.7 Å². The number of hydrogen-bond acceptors (Lipinski definition) is 4. The van der Waals surface area contributed by atoms with Gasteiger partial charge in [-0.2, -0.15) is 0 Å². The average molecular weight is 497 g/mol. The van der Waals surface area contributed by atoms with Crippen molar-refractivity contribution in [2.45, 2.75) is 20.0 Å². The van der Waals surface area contributed by atoms with E-state index in [0.29, 0.717) is 31.2 Å². The molecule has 0 unspecified atom stereocenters. The van der Waals surface area contributed by atoms with Crippen molar-refractivity contribution in [3.63, 3.8) is 0 Å². The molecular weight excluding hydrogens is 469 g/mol. The molecule has 0 aliphatic rings. The minimum atomic E-state index is -0.0148. The molecule has 9 heteroatoms. The lowest BCUT2D eigenvalue weighted by Gasteiger charge is -2.12. The molecule has 1 amide bonds. The molecule has 0 spiro atoms. The summed E-state index contributed by atoms with van der Waals surface area (Å²) < 4.78 is 1.93.